The zero-order valence-electron chi connectivity index (χ0n) is 13.8. The largest absolute Gasteiger partial charge is 0.325 e. The van der Waals surface area contributed by atoms with Crippen molar-refractivity contribution in [3.8, 4) is 0 Å². The Hall–Kier alpha value is -3.22. The molecule has 2 N–H and O–H groups in total. The van der Waals surface area contributed by atoms with Gasteiger partial charge in [0, 0.05) is 0 Å². The number of anilines is 1. The van der Waals surface area contributed by atoms with Gasteiger partial charge in [0.1, 0.15) is 17.9 Å². The van der Waals surface area contributed by atoms with Crippen LogP contribution in [0, 0.1) is 5.82 Å². The molecule has 1 atom stereocenters. The number of urea groups is 1. The molecule has 6 nitrogen and oxygen atoms in total. The fourth-order valence-electron chi connectivity index (χ4n) is 3.63. The molecule has 1 saturated heterocycles. The van der Waals surface area contributed by atoms with Gasteiger partial charge < -0.3 is 10.6 Å². The van der Waals surface area contributed by atoms with Crippen molar-refractivity contribution in [2.75, 3.05) is 11.9 Å². The highest BCUT2D eigenvalue weighted by Crippen LogP contribution is 2.41. The van der Waals surface area contributed by atoms with Crippen LogP contribution in [0.5, 0.6) is 0 Å². The van der Waals surface area contributed by atoms with E-state index < -0.39 is 35.7 Å². The minimum absolute atomic E-state index is 0.00507. The first-order chi connectivity index (χ1) is 12.5. The highest BCUT2D eigenvalue weighted by atomic mass is 19.1. The summed E-state index contributed by atoms with van der Waals surface area (Å²) >= 11 is 0. The van der Waals surface area contributed by atoms with Gasteiger partial charge in [-0.3, -0.25) is 14.5 Å². The van der Waals surface area contributed by atoms with Gasteiger partial charge in [-0.25, -0.2) is 9.18 Å². The molecule has 1 fully saturated rings. The SMILES string of the molecule is O=C(CN1C(=O)N[C@@]2(CCc3ccccc32)C1=O)Nc1ccccc1F. The van der Waals surface area contributed by atoms with Crippen LogP contribution in [0.4, 0.5) is 14.9 Å². The molecule has 1 heterocycles. The smallest absolute Gasteiger partial charge is 0.322 e. The molecule has 0 radical (unpaired) electrons. The van der Waals surface area contributed by atoms with E-state index in [1.807, 2.05) is 24.3 Å². The van der Waals surface area contributed by atoms with Crippen LogP contribution in [-0.2, 0) is 21.5 Å². The Morgan fingerprint density at radius 2 is 1.88 bits per heavy atom. The molecule has 2 aromatic rings. The molecular formula is C19H16FN3O3. The number of imide groups is 1. The molecule has 0 aromatic heterocycles. The molecule has 4 amide bonds. The average molecular weight is 353 g/mol. The number of halogens is 1. The van der Waals surface area contributed by atoms with E-state index in [0.717, 1.165) is 16.0 Å². The number of hydrogen-bond donors (Lipinski definition) is 2. The lowest BCUT2D eigenvalue weighted by molar-refractivity contribution is -0.134. The standard InChI is InChI=1S/C19H16FN3O3/c20-14-7-3-4-8-15(14)21-16(24)11-23-17(25)19(22-18(23)26)10-9-12-5-1-2-6-13(12)19/h1-8H,9-11H2,(H,21,24)(H,22,26)/t19-/m1/s1. The normalized spacial score (nSPS) is 21.0. The number of aryl methyl sites for hydroxylation is 1. The third kappa shape index (κ3) is 2.44. The van der Waals surface area contributed by atoms with E-state index in [1.54, 1.807) is 6.07 Å². The van der Waals surface area contributed by atoms with Crippen molar-refractivity contribution in [1.82, 2.24) is 10.2 Å². The molecule has 132 valence electrons. The Morgan fingerprint density at radius 1 is 1.15 bits per heavy atom. The Balaban J connectivity index is 1.54. The molecule has 4 rings (SSSR count). The molecule has 7 heteroatoms. The summed E-state index contributed by atoms with van der Waals surface area (Å²) in [5.41, 5.74) is 0.686. The molecular weight excluding hydrogens is 337 g/mol. The van der Waals surface area contributed by atoms with E-state index in [2.05, 4.69) is 10.6 Å². The second-order valence-electron chi connectivity index (χ2n) is 6.41. The molecule has 1 spiro atoms. The van der Waals surface area contributed by atoms with Crippen molar-refractivity contribution < 1.29 is 18.8 Å². The van der Waals surface area contributed by atoms with Gasteiger partial charge in [-0.1, -0.05) is 36.4 Å². The van der Waals surface area contributed by atoms with Crippen LogP contribution in [0.15, 0.2) is 48.5 Å². The van der Waals surface area contributed by atoms with Gasteiger partial charge in [0.05, 0.1) is 5.69 Å². The van der Waals surface area contributed by atoms with Crippen molar-refractivity contribution in [3.05, 3.63) is 65.5 Å². The number of carbonyl (C=O) groups is 3. The highest BCUT2D eigenvalue weighted by molar-refractivity contribution is 6.10. The summed E-state index contributed by atoms with van der Waals surface area (Å²) in [5.74, 6) is -1.67. The van der Waals surface area contributed by atoms with E-state index >= 15 is 0 Å². The summed E-state index contributed by atoms with van der Waals surface area (Å²) in [6, 6.07) is 12.6. The zero-order valence-corrected chi connectivity index (χ0v) is 13.8. The van der Waals surface area contributed by atoms with Crippen LogP contribution in [0.3, 0.4) is 0 Å². The average Bonchev–Trinajstić information content (AvgIpc) is 3.11. The molecule has 0 bridgehead atoms. The van der Waals surface area contributed by atoms with E-state index in [1.165, 1.54) is 18.2 Å². The molecule has 0 saturated carbocycles. The van der Waals surface area contributed by atoms with Crippen LogP contribution >= 0.6 is 0 Å². The molecule has 2 aromatic carbocycles. The minimum Gasteiger partial charge on any atom is -0.322 e. The van der Waals surface area contributed by atoms with Crippen molar-refractivity contribution in [2.24, 2.45) is 0 Å². The van der Waals surface area contributed by atoms with Gasteiger partial charge in [-0.05, 0) is 36.1 Å². The summed E-state index contributed by atoms with van der Waals surface area (Å²) in [6.07, 6.45) is 1.14. The third-order valence-corrected chi connectivity index (χ3v) is 4.87. The second-order valence-corrected chi connectivity index (χ2v) is 6.41. The lowest BCUT2D eigenvalue weighted by Gasteiger charge is -2.22. The van der Waals surface area contributed by atoms with E-state index in [4.69, 9.17) is 0 Å². The van der Waals surface area contributed by atoms with Crippen molar-refractivity contribution in [1.29, 1.82) is 0 Å². The van der Waals surface area contributed by atoms with Crippen LogP contribution in [0.1, 0.15) is 17.5 Å². The van der Waals surface area contributed by atoms with E-state index in [9.17, 15) is 18.8 Å². The summed E-state index contributed by atoms with van der Waals surface area (Å²) in [6.45, 7) is -0.469. The number of fused-ring (bicyclic) bond motifs is 2. The summed E-state index contributed by atoms with van der Waals surface area (Å²) in [4.78, 5) is 38.4. The number of amides is 4. The van der Waals surface area contributed by atoms with Crippen LogP contribution < -0.4 is 10.6 Å². The van der Waals surface area contributed by atoms with Crippen molar-refractivity contribution >= 4 is 23.5 Å². The fraction of sp³-hybridized carbons (Fsp3) is 0.211. The first-order valence-corrected chi connectivity index (χ1v) is 8.28. The number of carbonyl (C=O) groups excluding carboxylic acids is 3. The molecule has 0 unspecified atom stereocenters. The van der Waals surface area contributed by atoms with Crippen molar-refractivity contribution in [2.45, 2.75) is 18.4 Å². The Bertz CT molecular complexity index is 930. The maximum Gasteiger partial charge on any atom is 0.325 e. The van der Waals surface area contributed by atoms with E-state index in [-0.39, 0.29) is 5.69 Å². The number of hydrogen-bond acceptors (Lipinski definition) is 3. The number of para-hydroxylation sites is 1. The fourth-order valence-corrected chi connectivity index (χ4v) is 3.63. The topological polar surface area (TPSA) is 78.5 Å². The lowest BCUT2D eigenvalue weighted by Crippen LogP contribution is -2.43. The van der Waals surface area contributed by atoms with Gasteiger partial charge in [0.15, 0.2) is 0 Å². The first-order valence-electron chi connectivity index (χ1n) is 8.28. The summed E-state index contributed by atoms with van der Waals surface area (Å²) in [5, 5.41) is 5.14. The van der Waals surface area contributed by atoms with E-state index in [0.29, 0.717) is 12.8 Å². The quantitative estimate of drug-likeness (QED) is 0.830. The molecule has 1 aliphatic carbocycles. The van der Waals surface area contributed by atoms with Crippen LogP contribution in [0.25, 0.3) is 0 Å². The highest BCUT2D eigenvalue weighted by Gasteiger charge is 2.55. The summed E-state index contributed by atoms with van der Waals surface area (Å²) in [7, 11) is 0. The lowest BCUT2D eigenvalue weighted by atomic mass is 9.92. The number of rotatable bonds is 3. The third-order valence-electron chi connectivity index (χ3n) is 4.87. The Labute approximate surface area is 149 Å². The zero-order chi connectivity index (χ0) is 18.3. The maximum absolute atomic E-state index is 13.6. The predicted molar refractivity (Wildman–Crippen MR) is 91.7 cm³/mol. The number of nitrogens with one attached hydrogen (secondary N) is 2. The molecule has 2 aliphatic rings. The second kappa shape index (κ2) is 5.94. The number of benzene rings is 2. The molecule has 26 heavy (non-hydrogen) atoms. The van der Waals surface area contributed by atoms with Gasteiger partial charge in [-0.2, -0.15) is 0 Å². The minimum atomic E-state index is -1.11. The van der Waals surface area contributed by atoms with Gasteiger partial charge in [-0.15, -0.1) is 0 Å². The van der Waals surface area contributed by atoms with Crippen LogP contribution in [0.2, 0.25) is 0 Å². The van der Waals surface area contributed by atoms with Gasteiger partial charge >= 0.3 is 6.03 Å². The van der Waals surface area contributed by atoms with Crippen molar-refractivity contribution in [3.63, 3.8) is 0 Å². The number of nitrogens with zero attached hydrogens (tertiary/aromatic N) is 1. The molecule has 1 aliphatic heterocycles. The predicted octanol–water partition coefficient (Wildman–Crippen LogP) is 2.16. The monoisotopic (exact) mass is 353 g/mol. The maximum atomic E-state index is 13.6. The van der Waals surface area contributed by atoms with Crippen LogP contribution in [-0.4, -0.2) is 29.3 Å². The Morgan fingerprint density at radius 3 is 2.69 bits per heavy atom. The summed E-state index contributed by atoms with van der Waals surface area (Å²) < 4.78 is 13.6. The first kappa shape index (κ1) is 16.3. The Kier molecular flexibility index (Phi) is 3.72. The van der Waals surface area contributed by atoms with Gasteiger partial charge in [0.25, 0.3) is 5.91 Å². The van der Waals surface area contributed by atoms with Gasteiger partial charge in [0.2, 0.25) is 5.91 Å².